The van der Waals surface area contributed by atoms with Crippen LogP contribution in [0.4, 0.5) is 24.5 Å². The number of nitrogen functional groups attached to an aromatic ring is 1. The largest absolute Gasteiger partial charge is 0.573 e. The lowest BCUT2D eigenvalue weighted by molar-refractivity contribution is -0.274. The molecule has 2 rings (SSSR count). The van der Waals surface area contributed by atoms with Gasteiger partial charge in [0.05, 0.1) is 11.4 Å². The first-order valence-electron chi connectivity index (χ1n) is 6.28. The first-order valence-corrected chi connectivity index (χ1v) is 7.16. The van der Waals surface area contributed by atoms with E-state index in [0.29, 0.717) is 0 Å². The molecule has 0 radical (unpaired) electrons. The molecule has 0 saturated carbocycles. The Labute approximate surface area is 128 Å². The summed E-state index contributed by atoms with van der Waals surface area (Å²) < 4.78 is 40.6. The van der Waals surface area contributed by atoms with Gasteiger partial charge in [-0.25, -0.2) is 0 Å². The summed E-state index contributed by atoms with van der Waals surface area (Å²) in [7, 11) is 0. The fraction of sp³-hybridized carbons (Fsp3) is 0.385. The molecule has 1 aromatic carbocycles. The predicted molar refractivity (Wildman–Crippen MR) is 76.6 cm³/mol. The third kappa shape index (κ3) is 4.06. The van der Waals surface area contributed by atoms with Gasteiger partial charge < -0.3 is 15.4 Å². The fourth-order valence-corrected chi connectivity index (χ4v) is 3.09. The van der Waals surface area contributed by atoms with Gasteiger partial charge in [-0.3, -0.25) is 9.59 Å². The van der Waals surface area contributed by atoms with Gasteiger partial charge in [-0.1, -0.05) is 11.8 Å². The summed E-state index contributed by atoms with van der Waals surface area (Å²) in [4.78, 5) is 24.4. The van der Waals surface area contributed by atoms with E-state index in [1.54, 1.807) is 0 Å². The normalized spacial score (nSPS) is 18.6. The van der Waals surface area contributed by atoms with Crippen molar-refractivity contribution in [3.05, 3.63) is 18.2 Å². The second-order valence-electron chi connectivity index (χ2n) is 4.71. The van der Waals surface area contributed by atoms with Crippen molar-refractivity contribution >= 4 is 34.2 Å². The number of nitrogens with two attached hydrogens (primary N) is 1. The third-order valence-corrected chi connectivity index (χ3v) is 3.93. The van der Waals surface area contributed by atoms with Crippen LogP contribution in [-0.4, -0.2) is 29.2 Å². The van der Waals surface area contributed by atoms with Crippen molar-refractivity contribution in [3.8, 4) is 5.75 Å². The van der Waals surface area contributed by atoms with Gasteiger partial charge in [0.2, 0.25) is 5.91 Å². The average Bonchev–Trinajstić information content (AvgIpc) is 2.70. The number of ether oxygens (including phenoxy) is 1. The van der Waals surface area contributed by atoms with Crippen molar-refractivity contribution in [1.29, 1.82) is 0 Å². The monoisotopic (exact) mass is 334 g/mol. The first kappa shape index (κ1) is 16.5. The quantitative estimate of drug-likeness (QED) is 0.860. The number of carbonyl (C=O) groups is 2. The van der Waals surface area contributed by atoms with E-state index in [1.165, 1.54) is 17.9 Å². The molecule has 1 atom stereocenters. The van der Waals surface area contributed by atoms with Gasteiger partial charge in [0.1, 0.15) is 5.75 Å². The minimum absolute atomic E-state index is 0.123. The number of carbonyl (C=O) groups excluding carboxylic acids is 2. The summed E-state index contributed by atoms with van der Waals surface area (Å²) in [6, 6.07) is 3.39. The Balaban J connectivity index is 2.22. The van der Waals surface area contributed by atoms with Crippen molar-refractivity contribution in [1.82, 2.24) is 0 Å². The summed E-state index contributed by atoms with van der Waals surface area (Å²) in [5, 5.41) is -0.363. The van der Waals surface area contributed by atoms with Crippen LogP contribution in [0.25, 0.3) is 0 Å². The van der Waals surface area contributed by atoms with E-state index in [0.717, 1.165) is 23.9 Å². The maximum absolute atomic E-state index is 12.3. The molecule has 0 spiro atoms. The number of nitrogens with zero attached hydrogens (tertiary/aromatic N) is 1. The molecule has 1 aromatic rings. The summed E-state index contributed by atoms with van der Waals surface area (Å²) in [5.74, 6) is -0.748. The first-order chi connectivity index (χ1) is 10.2. The molecule has 1 aliphatic rings. The minimum Gasteiger partial charge on any atom is -0.406 e. The topological polar surface area (TPSA) is 72.6 Å². The van der Waals surface area contributed by atoms with Crippen molar-refractivity contribution < 1.29 is 27.5 Å². The minimum atomic E-state index is -4.82. The fourth-order valence-electron chi connectivity index (χ4n) is 2.18. The molecule has 22 heavy (non-hydrogen) atoms. The van der Waals surface area contributed by atoms with Crippen molar-refractivity contribution in [2.24, 2.45) is 0 Å². The van der Waals surface area contributed by atoms with Crippen LogP contribution in [0.3, 0.4) is 0 Å². The van der Waals surface area contributed by atoms with Gasteiger partial charge in [0.25, 0.3) is 0 Å². The van der Waals surface area contributed by atoms with Gasteiger partial charge in [-0.15, -0.1) is 13.2 Å². The average molecular weight is 334 g/mol. The van der Waals surface area contributed by atoms with Crippen LogP contribution < -0.4 is 15.4 Å². The van der Waals surface area contributed by atoms with E-state index >= 15 is 0 Å². The second kappa shape index (κ2) is 6.07. The number of thioether (sulfide) groups is 1. The molecular weight excluding hydrogens is 321 g/mol. The van der Waals surface area contributed by atoms with Gasteiger partial charge in [0, 0.05) is 31.2 Å². The zero-order chi connectivity index (χ0) is 16.5. The van der Waals surface area contributed by atoms with E-state index < -0.39 is 12.1 Å². The van der Waals surface area contributed by atoms with Gasteiger partial charge >= 0.3 is 6.36 Å². The zero-order valence-corrected chi connectivity index (χ0v) is 12.3. The highest BCUT2D eigenvalue weighted by atomic mass is 32.2. The predicted octanol–water partition coefficient (Wildman–Crippen LogP) is 2.55. The van der Waals surface area contributed by atoms with Crippen LogP contribution in [0.1, 0.15) is 13.3 Å². The molecule has 1 amide bonds. The number of alkyl halides is 3. The van der Waals surface area contributed by atoms with Crippen LogP contribution in [0, 0.1) is 0 Å². The molecule has 1 heterocycles. The van der Waals surface area contributed by atoms with Crippen molar-refractivity contribution in [3.63, 3.8) is 0 Å². The molecule has 0 aliphatic carbocycles. The second-order valence-corrected chi connectivity index (χ2v) is 6.19. The van der Waals surface area contributed by atoms with Crippen molar-refractivity contribution in [2.75, 3.05) is 17.2 Å². The van der Waals surface area contributed by atoms with E-state index in [4.69, 9.17) is 5.73 Å². The number of hydrogen-bond donors (Lipinski definition) is 1. The third-order valence-electron chi connectivity index (χ3n) is 2.95. The van der Waals surface area contributed by atoms with E-state index in [1.807, 2.05) is 0 Å². The van der Waals surface area contributed by atoms with Gasteiger partial charge in [-0.2, -0.15) is 0 Å². The summed E-state index contributed by atoms with van der Waals surface area (Å²) in [6.07, 6.45) is -4.69. The molecule has 1 fully saturated rings. The molecule has 120 valence electrons. The molecule has 2 N–H and O–H groups in total. The Morgan fingerprint density at radius 2 is 2.14 bits per heavy atom. The highest BCUT2D eigenvalue weighted by Crippen LogP contribution is 2.35. The summed E-state index contributed by atoms with van der Waals surface area (Å²) >= 11 is 1.03. The molecular formula is C13H13F3N2O3S. The Bertz CT molecular complexity index is 607. The number of rotatable bonds is 3. The number of anilines is 2. The smallest absolute Gasteiger partial charge is 0.406 e. The zero-order valence-electron chi connectivity index (χ0n) is 11.5. The number of halogens is 3. The lowest BCUT2D eigenvalue weighted by atomic mass is 10.2. The SMILES string of the molecule is CC(=O)SC1CC(=O)N(c2cc(OC(F)(F)F)ccc2N)C1. The Kier molecular flexibility index (Phi) is 4.55. The Morgan fingerprint density at radius 3 is 2.73 bits per heavy atom. The van der Waals surface area contributed by atoms with Crippen LogP contribution in [0.2, 0.25) is 0 Å². The molecule has 5 nitrogen and oxygen atoms in total. The van der Waals surface area contributed by atoms with Crippen molar-refractivity contribution in [2.45, 2.75) is 25.0 Å². The standard InChI is InChI=1S/C13H13F3N2O3S/c1-7(19)22-9-5-12(20)18(6-9)11-4-8(2-3-10(11)17)21-13(14,15)16/h2-4,9H,5-6,17H2,1H3. The molecule has 0 aromatic heterocycles. The highest BCUT2D eigenvalue weighted by Gasteiger charge is 2.34. The Morgan fingerprint density at radius 1 is 1.45 bits per heavy atom. The van der Waals surface area contributed by atoms with E-state index in [-0.39, 0.29) is 40.6 Å². The number of amides is 1. The van der Waals surface area contributed by atoms with E-state index in [9.17, 15) is 22.8 Å². The van der Waals surface area contributed by atoms with Crippen LogP contribution >= 0.6 is 11.8 Å². The molecule has 1 saturated heterocycles. The van der Waals surface area contributed by atoms with Gasteiger partial charge in [-0.05, 0) is 12.1 Å². The highest BCUT2D eigenvalue weighted by molar-refractivity contribution is 8.14. The summed E-state index contributed by atoms with van der Waals surface area (Å²) in [6.45, 7) is 1.60. The Hall–Kier alpha value is -1.90. The molecule has 9 heteroatoms. The van der Waals surface area contributed by atoms with Crippen LogP contribution in [0.15, 0.2) is 18.2 Å². The van der Waals surface area contributed by atoms with Gasteiger partial charge in [0.15, 0.2) is 5.12 Å². The molecule has 0 bridgehead atoms. The van der Waals surface area contributed by atoms with Crippen LogP contribution in [-0.2, 0) is 9.59 Å². The number of benzene rings is 1. The van der Waals surface area contributed by atoms with E-state index in [2.05, 4.69) is 4.74 Å². The maximum Gasteiger partial charge on any atom is 0.573 e. The maximum atomic E-state index is 12.3. The lowest BCUT2D eigenvalue weighted by Crippen LogP contribution is -2.26. The lowest BCUT2D eigenvalue weighted by Gasteiger charge is -2.20. The summed E-state index contributed by atoms with van der Waals surface area (Å²) in [5.41, 5.74) is 6.05. The number of hydrogen-bond acceptors (Lipinski definition) is 5. The van der Waals surface area contributed by atoms with Crippen LogP contribution in [0.5, 0.6) is 5.75 Å². The molecule has 1 aliphatic heterocycles. The molecule has 1 unspecified atom stereocenters.